The summed E-state index contributed by atoms with van der Waals surface area (Å²) >= 11 is 0. The van der Waals surface area contributed by atoms with Crippen LogP contribution in [-0.2, 0) is 0 Å². The summed E-state index contributed by atoms with van der Waals surface area (Å²) in [5.74, 6) is 1.72. The Bertz CT molecular complexity index is 427. The van der Waals surface area contributed by atoms with E-state index in [0.717, 1.165) is 18.0 Å². The highest BCUT2D eigenvalue weighted by molar-refractivity contribution is 5.42. The first-order chi connectivity index (χ1) is 9.08. The van der Waals surface area contributed by atoms with Crippen LogP contribution in [0.3, 0.4) is 0 Å². The third-order valence-electron chi connectivity index (χ3n) is 4.30. The maximum atomic E-state index is 5.46. The number of rotatable bonds is 6. The van der Waals surface area contributed by atoms with E-state index in [-0.39, 0.29) is 0 Å². The average Bonchev–Trinajstić information content (AvgIpc) is 2.41. The SMILES string of the molecule is COc1ccc(C(C)NCC2(C)CCC2)c(OC)c1. The lowest BCUT2D eigenvalue weighted by Crippen LogP contribution is -2.38. The molecule has 0 spiro atoms. The zero-order chi connectivity index (χ0) is 13.9. The van der Waals surface area contributed by atoms with Gasteiger partial charge >= 0.3 is 0 Å². The standard InChI is InChI=1S/C16H25NO2/c1-12(17-11-16(2)8-5-9-16)14-7-6-13(18-3)10-15(14)19-4/h6-7,10,12,17H,5,8-9,11H2,1-4H3. The number of methoxy groups -OCH3 is 2. The Morgan fingerprint density at radius 2 is 2.00 bits per heavy atom. The van der Waals surface area contributed by atoms with Gasteiger partial charge in [-0.2, -0.15) is 0 Å². The molecule has 0 heterocycles. The second-order valence-corrected chi connectivity index (χ2v) is 5.87. The largest absolute Gasteiger partial charge is 0.497 e. The van der Waals surface area contributed by atoms with Gasteiger partial charge in [-0.15, -0.1) is 0 Å². The van der Waals surface area contributed by atoms with Crippen molar-refractivity contribution in [2.24, 2.45) is 5.41 Å². The molecular weight excluding hydrogens is 238 g/mol. The van der Waals surface area contributed by atoms with Crippen LogP contribution in [0.1, 0.15) is 44.7 Å². The molecule has 1 aromatic rings. The highest BCUT2D eigenvalue weighted by atomic mass is 16.5. The van der Waals surface area contributed by atoms with E-state index < -0.39 is 0 Å². The van der Waals surface area contributed by atoms with Crippen LogP contribution in [0.2, 0.25) is 0 Å². The first-order valence-corrected chi connectivity index (χ1v) is 7.03. The predicted octanol–water partition coefficient (Wildman–Crippen LogP) is 3.54. The molecular formula is C16H25NO2. The first-order valence-electron chi connectivity index (χ1n) is 7.03. The van der Waals surface area contributed by atoms with Crippen molar-refractivity contribution in [2.45, 2.75) is 39.2 Å². The molecule has 0 bridgehead atoms. The molecule has 1 aromatic carbocycles. The molecule has 3 heteroatoms. The van der Waals surface area contributed by atoms with Crippen molar-refractivity contribution >= 4 is 0 Å². The Morgan fingerprint density at radius 1 is 1.26 bits per heavy atom. The normalized spacial score (nSPS) is 18.5. The van der Waals surface area contributed by atoms with Gasteiger partial charge in [0, 0.05) is 24.2 Å². The van der Waals surface area contributed by atoms with Crippen LogP contribution in [0.4, 0.5) is 0 Å². The monoisotopic (exact) mass is 263 g/mol. The van der Waals surface area contributed by atoms with Crippen molar-refractivity contribution in [1.82, 2.24) is 5.32 Å². The van der Waals surface area contributed by atoms with Gasteiger partial charge in [0.05, 0.1) is 14.2 Å². The molecule has 19 heavy (non-hydrogen) atoms. The van der Waals surface area contributed by atoms with Gasteiger partial charge in [-0.3, -0.25) is 0 Å². The molecule has 1 unspecified atom stereocenters. The van der Waals surface area contributed by atoms with Crippen LogP contribution < -0.4 is 14.8 Å². The van der Waals surface area contributed by atoms with Gasteiger partial charge in [0.1, 0.15) is 11.5 Å². The molecule has 1 aliphatic rings. The van der Waals surface area contributed by atoms with Gasteiger partial charge in [0.15, 0.2) is 0 Å². The van der Waals surface area contributed by atoms with Crippen molar-refractivity contribution in [3.8, 4) is 11.5 Å². The van der Waals surface area contributed by atoms with Crippen molar-refractivity contribution in [3.63, 3.8) is 0 Å². The lowest BCUT2D eigenvalue weighted by molar-refractivity contribution is 0.151. The van der Waals surface area contributed by atoms with E-state index in [0.29, 0.717) is 11.5 Å². The first kappa shape index (κ1) is 14.2. The summed E-state index contributed by atoms with van der Waals surface area (Å²) in [7, 11) is 3.38. The minimum Gasteiger partial charge on any atom is -0.497 e. The van der Waals surface area contributed by atoms with E-state index in [2.05, 4.69) is 25.2 Å². The van der Waals surface area contributed by atoms with Gasteiger partial charge < -0.3 is 14.8 Å². The maximum Gasteiger partial charge on any atom is 0.127 e. The highest BCUT2D eigenvalue weighted by Gasteiger charge is 2.31. The zero-order valence-corrected chi connectivity index (χ0v) is 12.5. The predicted molar refractivity (Wildman–Crippen MR) is 77.9 cm³/mol. The third-order valence-corrected chi connectivity index (χ3v) is 4.30. The number of hydrogen-bond acceptors (Lipinski definition) is 3. The summed E-state index contributed by atoms with van der Waals surface area (Å²) in [6.07, 6.45) is 4.05. The number of hydrogen-bond donors (Lipinski definition) is 1. The van der Waals surface area contributed by atoms with E-state index in [9.17, 15) is 0 Å². The number of nitrogens with one attached hydrogen (secondary N) is 1. The van der Waals surface area contributed by atoms with Crippen LogP contribution in [-0.4, -0.2) is 20.8 Å². The minimum absolute atomic E-state index is 0.290. The Balaban J connectivity index is 2.03. The van der Waals surface area contributed by atoms with Crippen LogP contribution in [0.15, 0.2) is 18.2 Å². The fraction of sp³-hybridized carbons (Fsp3) is 0.625. The molecule has 1 atom stereocenters. The second-order valence-electron chi connectivity index (χ2n) is 5.87. The summed E-state index contributed by atoms with van der Waals surface area (Å²) in [5, 5.41) is 3.63. The summed E-state index contributed by atoms with van der Waals surface area (Å²) in [4.78, 5) is 0. The Labute approximate surface area is 116 Å². The Hall–Kier alpha value is -1.22. The van der Waals surface area contributed by atoms with E-state index in [1.807, 2.05) is 12.1 Å². The van der Waals surface area contributed by atoms with Gasteiger partial charge in [0.2, 0.25) is 0 Å². The topological polar surface area (TPSA) is 30.5 Å². The van der Waals surface area contributed by atoms with Crippen LogP contribution in [0, 0.1) is 5.41 Å². The van der Waals surface area contributed by atoms with Crippen LogP contribution >= 0.6 is 0 Å². The molecule has 0 saturated heterocycles. The van der Waals surface area contributed by atoms with Crippen LogP contribution in [0.25, 0.3) is 0 Å². The third kappa shape index (κ3) is 3.21. The second kappa shape index (κ2) is 5.83. The molecule has 2 rings (SSSR count). The van der Waals surface area contributed by atoms with Gasteiger partial charge in [-0.25, -0.2) is 0 Å². The molecule has 0 amide bonds. The molecule has 1 fully saturated rings. The number of benzene rings is 1. The zero-order valence-electron chi connectivity index (χ0n) is 12.5. The lowest BCUT2D eigenvalue weighted by Gasteiger charge is -2.39. The summed E-state index contributed by atoms with van der Waals surface area (Å²) in [6.45, 7) is 5.62. The van der Waals surface area contributed by atoms with Gasteiger partial charge in [-0.05, 0) is 31.2 Å². The average molecular weight is 263 g/mol. The summed E-state index contributed by atoms with van der Waals surface area (Å²) in [6, 6.07) is 6.30. The van der Waals surface area contributed by atoms with Gasteiger partial charge in [0.25, 0.3) is 0 Å². The Morgan fingerprint density at radius 3 is 2.53 bits per heavy atom. The summed E-state index contributed by atoms with van der Waals surface area (Å²) in [5.41, 5.74) is 1.68. The smallest absolute Gasteiger partial charge is 0.127 e. The van der Waals surface area contributed by atoms with Crippen molar-refractivity contribution in [3.05, 3.63) is 23.8 Å². The molecule has 0 radical (unpaired) electrons. The molecule has 3 nitrogen and oxygen atoms in total. The molecule has 106 valence electrons. The van der Waals surface area contributed by atoms with Crippen molar-refractivity contribution in [2.75, 3.05) is 20.8 Å². The quantitative estimate of drug-likeness (QED) is 0.851. The molecule has 1 aliphatic carbocycles. The van der Waals surface area contributed by atoms with E-state index in [1.54, 1.807) is 14.2 Å². The molecule has 1 saturated carbocycles. The van der Waals surface area contributed by atoms with E-state index in [4.69, 9.17) is 9.47 Å². The molecule has 1 N–H and O–H groups in total. The van der Waals surface area contributed by atoms with Crippen molar-refractivity contribution in [1.29, 1.82) is 0 Å². The summed E-state index contributed by atoms with van der Waals surface area (Å²) < 4.78 is 10.7. The number of ether oxygens (including phenoxy) is 2. The minimum atomic E-state index is 0.290. The fourth-order valence-electron chi connectivity index (χ4n) is 2.64. The highest BCUT2D eigenvalue weighted by Crippen LogP contribution is 2.40. The van der Waals surface area contributed by atoms with Crippen LogP contribution in [0.5, 0.6) is 11.5 Å². The van der Waals surface area contributed by atoms with Gasteiger partial charge in [-0.1, -0.05) is 19.4 Å². The van der Waals surface area contributed by atoms with Crippen molar-refractivity contribution < 1.29 is 9.47 Å². The van der Waals surface area contributed by atoms with E-state index in [1.165, 1.54) is 24.8 Å². The molecule has 0 aromatic heterocycles. The molecule has 0 aliphatic heterocycles. The Kier molecular flexibility index (Phi) is 4.35. The fourth-order valence-corrected chi connectivity index (χ4v) is 2.64. The maximum absolute atomic E-state index is 5.46. The van der Waals surface area contributed by atoms with E-state index >= 15 is 0 Å². The lowest BCUT2D eigenvalue weighted by atomic mass is 9.70.